The first-order chi connectivity index (χ1) is 18.1. The molecule has 206 valence electrons. The summed E-state index contributed by atoms with van der Waals surface area (Å²) in [4.78, 5) is 13.2. The Labute approximate surface area is 224 Å². The van der Waals surface area contributed by atoms with Crippen molar-refractivity contribution in [3.8, 4) is 11.5 Å². The van der Waals surface area contributed by atoms with Crippen molar-refractivity contribution in [1.29, 1.82) is 0 Å². The number of allylic oxidation sites excluding steroid dienone is 1. The first kappa shape index (κ1) is 28.2. The largest absolute Gasteiger partial charge is 0.486 e. The van der Waals surface area contributed by atoms with Crippen LogP contribution in [0.25, 0.3) is 0 Å². The lowest BCUT2D eigenvalue weighted by Crippen LogP contribution is -2.40. The number of unbranched alkanes of at least 4 members (excludes halogenated alkanes) is 3. The van der Waals surface area contributed by atoms with Crippen LogP contribution in [0.2, 0.25) is 0 Å². The average molecular weight is 513 g/mol. The second kappa shape index (κ2) is 14.4. The maximum absolute atomic E-state index is 14.4. The molecule has 0 N–H and O–H groups in total. The minimum absolute atomic E-state index is 0.0489. The van der Waals surface area contributed by atoms with Crippen molar-refractivity contribution in [2.24, 2.45) is 35.5 Å². The predicted molar refractivity (Wildman–Crippen MR) is 148 cm³/mol. The van der Waals surface area contributed by atoms with E-state index in [0.717, 1.165) is 37.0 Å². The molecule has 0 saturated heterocycles. The summed E-state index contributed by atoms with van der Waals surface area (Å²) in [5.74, 6) is 3.55. The third-order valence-electron chi connectivity index (χ3n) is 9.71. The van der Waals surface area contributed by atoms with Crippen LogP contribution >= 0.6 is 0 Å². The van der Waals surface area contributed by atoms with Gasteiger partial charge in [0.25, 0.3) is 0 Å². The molecule has 3 saturated carbocycles. The number of carbonyl (C=O) groups excluding carboxylic acids is 1. The molecule has 3 nitrogen and oxygen atoms in total. The molecule has 3 aliphatic rings. The van der Waals surface area contributed by atoms with Crippen molar-refractivity contribution in [3.63, 3.8) is 0 Å². The van der Waals surface area contributed by atoms with Crippen molar-refractivity contribution in [3.05, 3.63) is 36.2 Å². The van der Waals surface area contributed by atoms with Crippen LogP contribution in [0.3, 0.4) is 0 Å². The standard InChI is InChI=1S/C33H49FO3/c1-3-5-7-8-10-24-13-15-25(16-14-24)26-17-19-29-27(22-26)11-9-12-30(29)33(35)37-28-18-20-32(31(34)23-28)36-21-6-4-2/h4,6,18,20,23-27,29-30H,3,5,7-17,19,21-22H2,1-2H3/b6-4+. The summed E-state index contributed by atoms with van der Waals surface area (Å²) in [6.45, 7) is 4.51. The first-order valence-electron chi connectivity index (χ1n) is 15.3. The molecular formula is C33H49FO3. The molecule has 0 radical (unpaired) electrons. The van der Waals surface area contributed by atoms with E-state index in [1.807, 2.05) is 19.1 Å². The molecule has 37 heavy (non-hydrogen) atoms. The molecule has 0 bridgehead atoms. The Morgan fingerprint density at radius 3 is 2.54 bits per heavy atom. The van der Waals surface area contributed by atoms with Gasteiger partial charge in [0.05, 0.1) is 5.92 Å². The van der Waals surface area contributed by atoms with Crippen molar-refractivity contribution < 1.29 is 18.7 Å². The lowest BCUT2D eigenvalue weighted by atomic mass is 9.59. The second-order valence-corrected chi connectivity index (χ2v) is 12.1. The normalized spacial score (nSPS) is 30.1. The number of benzene rings is 1. The smallest absolute Gasteiger partial charge is 0.314 e. The molecule has 3 aliphatic carbocycles. The first-order valence-corrected chi connectivity index (χ1v) is 15.3. The summed E-state index contributed by atoms with van der Waals surface area (Å²) in [5, 5.41) is 0. The van der Waals surface area contributed by atoms with Crippen LogP contribution in [-0.2, 0) is 4.79 Å². The molecule has 0 amide bonds. The van der Waals surface area contributed by atoms with E-state index >= 15 is 0 Å². The van der Waals surface area contributed by atoms with Crippen LogP contribution in [0, 0.1) is 41.3 Å². The van der Waals surface area contributed by atoms with Crippen LogP contribution in [0.4, 0.5) is 4.39 Å². The summed E-state index contributed by atoms with van der Waals surface area (Å²) in [5.41, 5.74) is 0. The maximum atomic E-state index is 14.4. The molecule has 0 aliphatic heterocycles. The van der Waals surface area contributed by atoms with Crippen molar-refractivity contribution in [1.82, 2.24) is 0 Å². The Bertz CT molecular complexity index is 872. The van der Waals surface area contributed by atoms with Gasteiger partial charge in [-0.3, -0.25) is 4.79 Å². The zero-order valence-corrected chi connectivity index (χ0v) is 23.3. The number of fused-ring (bicyclic) bond motifs is 1. The summed E-state index contributed by atoms with van der Waals surface area (Å²) in [7, 11) is 0. The highest BCUT2D eigenvalue weighted by atomic mass is 19.1. The number of hydrogen-bond acceptors (Lipinski definition) is 3. The SMILES string of the molecule is C/C=C/COc1ccc(OC(=O)C2CCCC3CC(C4CCC(CCCCCC)CC4)CCC32)cc1F. The van der Waals surface area contributed by atoms with Crippen LogP contribution < -0.4 is 9.47 Å². The zero-order valence-electron chi connectivity index (χ0n) is 23.3. The third kappa shape index (κ3) is 7.83. The van der Waals surface area contributed by atoms with Crippen LogP contribution in [0.1, 0.15) is 110 Å². The van der Waals surface area contributed by atoms with Gasteiger partial charge in [0.15, 0.2) is 11.6 Å². The van der Waals surface area contributed by atoms with Crippen LogP contribution in [0.5, 0.6) is 11.5 Å². The fourth-order valence-electron chi connectivity index (χ4n) is 7.62. The van der Waals surface area contributed by atoms with Gasteiger partial charge in [0, 0.05) is 6.07 Å². The predicted octanol–water partition coefficient (Wildman–Crippen LogP) is 9.30. The van der Waals surface area contributed by atoms with Gasteiger partial charge in [0.1, 0.15) is 12.4 Å². The van der Waals surface area contributed by atoms with E-state index in [9.17, 15) is 9.18 Å². The summed E-state index contributed by atoms with van der Waals surface area (Å²) >= 11 is 0. The molecule has 0 heterocycles. The van der Waals surface area contributed by atoms with E-state index in [1.165, 1.54) is 83.1 Å². The van der Waals surface area contributed by atoms with Gasteiger partial charge in [-0.25, -0.2) is 4.39 Å². The van der Waals surface area contributed by atoms with Crippen molar-refractivity contribution >= 4 is 5.97 Å². The Hall–Kier alpha value is -1.84. The number of rotatable bonds is 11. The number of carbonyl (C=O) groups is 1. The lowest BCUT2D eigenvalue weighted by Gasteiger charge is -2.46. The minimum atomic E-state index is -0.493. The highest BCUT2D eigenvalue weighted by Gasteiger charge is 2.43. The summed E-state index contributed by atoms with van der Waals surface area (Å²) < 4.78 is 25.6. The fourth-order valence-corrected chi connectivity index (χ4v) is 7.62. The van der Waals surface area contributed by atoms with Gasteiger partial charge >= 0.3 is 5.97 Å². The van der Waals surface area contributed by atoms with E-state index in [4.69, 9.17) is 9.47 Å². The molecule has 0 aromatic heterocycles. The maximum Gasteiger partial charge on any atom is 0.314 e. The van der Waals surface area contributed by atoms with Crippen molar-refractivity contribution in [2.75, 3.05) is 6.61 Å². The topological polar surface area (TPSA) is 35.5 Å². The summed E-state index contributed by atoms with van der Waals surface area (Å²) in [6.07, 6.45) is 23.4. The number of ether oxygens (including phenoxy) is 2. The Morgan fingerprint density at radius 1 is 0.973 bits per heavy atom. The van der Waals surface area contributed by atoms with E-state index in [-0.39, 0.29) is 23.4 Å². The van der Waals surface area contributed by atoms with Gasteiger partial charge in [-0.2, -0.15) is 0 Å². The molecule has 4 rings (SSSR count). The van der Waals surface area contributed by atoms with Crippen LogP contribution in [-0.4, -0.2) is 12.6 Å². The van der Waals surface area contributed by atoms with E-state index in [2.05, 4.69) is 6.92 Å². The highest BCUT2D eigenvalue weighted by Crippen LogP contribution is 2.50. The monoisotopic (exact) mass is 512 g/mol. The highest BCUT2D eigenvalue weighted by molar-refractivity contribution is 5.75. The molecule has 1 aromatic carbocycles. The Balaban J connectivity index is 1.25. The molecule has 4 unspecified atom stereocenters. The molecule has 1 aromatic rings. The number of esters is 1. The van der Waals surface area contributed by atoms with E-state index < -0.39 is 5.82 Å². The molecule has 0 spiro atoms. The van der Waals surface area contributed by atoms with E-state index in [1.54, 1.807) is 12.1 Å². The Kier molecular flexibility index (Phi) is 10.9. The zero-order chi connectivity index (χ0) is 26.0. The lowest BCUT2D eigenvalue weighted by molar-refractivity contribution is -0.144. The molecular weight excluding hydrogens is 463 g/mol. The van der Waals surface area contributed by atoms with Crippen molar-refractivity contribution in [2.45, 2.75) is 110 Å². The van der Waals surface area contributed by atoms with Gasteiger partial charge in [-0.05, 0) is 87.2 Å². The van der Waals surface area contributed by atoms with Gasteiger partial charge in [-0.15, -0.1) is 0 Å². The molecule has 4 atom stereocenters. The van der Waals surface area contributed by atoms with Gasteiger partial charge in [0.2, 0.25) is 0 Å². The Morgan fingerprint density at radius 2 is 1.78 bits per heavy atom. The molecule has 3 fully saturated rings. The minimum Gasteiger partial charge on any atom is -0.486 e. The summed E-state index contributed by atoms with van der Waals surface area (Å²) in [6, 6.07) is 4.47. The van der Waals surface area contributed by atoms with Crippen LogP contribution in [0.15, 0.2) is 30.4 Å². The number of hydrogen-bond donors (Lipinski definition) is 0. The fraction of sp³-hybridized carbons (Fsp3) is 0.727. The second-order valence-electron chi connectivity index (χ2n) is 12.1. The van der Waals surface area contributed by atoms with E-state index in [0.29, 0.717) is 18.4 Å². The molecule has 4 heteroatoms. The third-order valence-corrected chi connectivity index (χ3v) is 9.71. The number of halogens is 1. The van der Waals surface area contributed by atoms with Gasteiger partial charge < -0.3 is 9.47 Å². The van der Waals surface area contributed by atoms with Gasteiger partial charge in [-0.1, -0.05) is 76.9 Å². The average Bonchev–Trinajstić information content (AvgIpc) is 2.92. The quantitative estimate of drug-likeness (QED) is 0.128.